The van der Waals surface area contributed by atoms with E-state index < -0.39 is 0 Å². The first-order chi connectivity index (χ1) is 8.17. The van der Waals surface area contributed by atoms with Gasteiger partial charge >= 0.3 is 0 Å². The van der Waals surface area contributed by atoms with Crippen LogP contribution in [0, 0.1) is 0 Å². The second kappa shape index (κ2) is 5.08. The Kier molecular flexibility index (Phi) is 3.72. The lowest BCUT2D eigenvalue weighted by molar-refractivity contribution is 0.890. The maximum absolute atomic E-state index is 6.16. The molecule has 0 saturated heterocycles. The number of aromatic nitrogens is 1. The molecule has 0 aliphatic heterocycles. The second-order valence-corrected chi connectivity index (χ2v) is 4.60. The van der Waals surface area contributed by atoms with E-state index in [4.69, 9.17) is 29.0 Å². The molecule has 0 atom stereocenters. The van der Waals surface area contributed by atoms with Crippen molar-refractivity contribution in [2.24, 2.45) is 5.84 Å². The quantitative estimate of drug-likeness (QED) is 0.659. The number of fused-ring (bicyclic) bond motifs is 1. The SMILES string of the molecule is CCCc1cc(NN)c2ccc(Cl)c(Cl)c2n1. The standard InChI is InChI=1S/C12H13Cl2N3/c1-2-3-7-6-10(17-15)8-4-5-9(13)11(14)12(8)16-7/h4-6H,2-3,15H2,1H3,(H,16,17). The number of nitrogen functional groups attached to an aromatic ring is 1. The van der Waals surface area contributed by atoms with Crippen molar-refractivity contribution >= 4 is 39.8 Å². The van der Waals surface area contributed by atoms with Crippen molar-refractivity contribution in [1.29, 1.82) is 0 Å². The number of nitrogens with one attached hydrogen (secondary N) is 1. The number of hydrogen-bond donors (Lipinski definition) is 2. The predicted molar refractivity (Wildman–Crippen MR) is 73.6 cm³/mol. The van der Waals surface area contributed by atoms with Crippen molar-refractivity contribution in [2.75, 3.05) is 5.43 Å². The van der Waals surface area contributed by atoms with Gasteiger partial charge in [-0.1, -0.05) is 36.5 Å². The average molecular weight is 270 g/mol. The van der Waals surface area contributed by atoms with E-state index in [-0.39, 0.29) is 0 Å². The first kappa shape index (κ1) is 12.4. The van der Waals surface area contributed by atoms with E-state index in [0.29, 0.717) is 15.6 Å². The molecular weight excluding hydrogens is 257 g/mol. The molecule has 1 heterocycles. The van der Waals surface area contributed by atoms with Gasteiger partial charge in [-0.3, -0.25) is 10.8 Å². The molecule has 0 unspecified atom stereocenters. The summed E-state index contributed by atoms with van der Waals surface area (Å²) in [6, 6.07) is 5.55. The van der Waals surface area contributed by atoms with Crippen LogP contribution < -0.4 is 11.3 Å². The largest absolute Gasteiger partial charge is 0.323 e. The summed E-state index contributed by atoms with van der Waals surface area (Å²) < 4.78 is 0. The third-order valence-corrected chi connectivity index (χ3v) is 3.38. The monoisotopic (exact) mass is 269 g/mol. The normalized spacial score (nSPS) is 10.8. The van der Waals surface area contributed by atoms with Gasteiger partial charge in [-0.15, -0.1) is 0 Å². The summed E-state index contributed by atoms with van der Waals surface area (Å²) in [7, 11) is 0. The minimum absolute atomic E-state index is 0.471. The molecule has 0 fully saturated rings. The molecule has 1 aromatic carbocycles. The number of benzene rings is 1. The summed E-state index contributed by atoms with van der Waals surface area (Å²) in [5.41, 5.74) is 5.14. The highest BCUT2D eigenvalue weighted by Gasteiger charge is 2.10. The van der Waals surface area contributed by atoms with Crippen LogP contribution in [0.2, 0.25) is 10.0 Å². The van der Waals surface area contributed by atoms with Crippen LogP contribution in [0.15, 0.2) is 18.2 Å². The lowest BCUT2D eigenvalue weighted by Crippen LogP contribution is -2.08. The fourth-order valence-corrected chi connectivity index (χ4v) is 2.15. The van der Waals surface area contributed by atoms with Crippen LogP contribution in [0.3, 0.4) is 0 Å². The Morgan fingerprint density at radius 3 is 2.76 bits per heavy atom. The van der Waals surface area contributed by atoms with Gasteiger partial charge in [-0.05, 0) is 24.6 Å². The Balaban J connectivity index is 2.73. The Morgan fingerprint density at radius 1 is 1.35 bits per heavy atom. The Hall–Kier alpha value is -1.03. The molecule has 0 aliphatic rings. The van der Waals surface area contributed by atoms with E-state index in [2.05, 4.69) is 17.3 Å². The summed E-state index contributed by atoms with van der Waals surface area (Å²) in [5.74, 6) is 5.52. The van der Waals surface area contributed by atoms with Crippen LogP contribution in [0.5, 0.6) is 0 Å². The highest BCUT2D eigenvalue weighted by Crippen LogP contribution is 2.33. The van der Waals surface area contributed by atoms with E-state index in [0.717, 1.165) is 29.6 Å². The molecule has 3 N–H and O–H groups in total. The van der Waals surface area contributed by atoms with Crippen molar-refractivity contribution in [2.45, 2.75) is 19.8 Å². The smallest absolute Gasteiger partial charge is 0.0927 e. The Morgan fingerprint density at radius 2 is 2.12 bits per heavy atom. The van der Waals surface area contributed by atoms with Crippen molar-refractivity contribution < 1.29 is 0 Å². The fourth-order valence-electron chi connectivity index (χ4n) is 1.79. The third kappa shape index (κ3) is 2.32. The highest BCUT2D eigenvalue weighted by molar-refractivity contribution is 6.45. The molecule has 0 amide bonds. The molecule has 0 aliphatic carbocycles. The van der Waals surface area contributed by atoms with Gasteiger partial charge in [0.1, 0.15) is 0 Å². The molecule has 17 heavy (non-hydrogen) atoms. The fraction of sp³-hybridized carbons (Fsp3) is 0.250. The van der Waals surface area contributed by atoms with Gasteiger partial charge < -0.3 is 5.43 Å². The van der Waals surface area contributed by atoms with Gasteiger partial charge in [0.05, 0.1) is 21.2 Å². The van der Waals surface area contributed by atoms with E-state index in [1.807, 2.05) is 12.1 Å². The number of halogens is 2. The van der Waals surface area contributed by atoms with E-state index in [9.17, 15) is 0 Å². The minimum Gasteiger partial charge on any atom is -0.323 e. The van der Waals surface area contributed by atoms with Gasteiger partial charge in [0.25, 0.3) is 0 Å². The van der Waals surface area contributed by atoms with E-state index in [1.165, 1.54) is 0 Å². The molecule has 0 bridgehead atoms. The predicted octanol–water partition coefficient (Wildman–Crippen LogP) is 3.78. The molecule has 1 aromatic heterocycles. The number of hydrazine groups is 1. The summed E-state index contributed by atoms with van der Waals surface area (Å²) in [6.45, 7) is 2.10. The van der Waals surface area contributed by atoms with Crippen molar-refractivity contribution in [1.82, 2.24) is 4.98 Å². The second-order valence-electron chi connectivity index (χ2n) is 3.81. The van der Waals surface area contributed by atoms with Gasteiger partial charge in [0.2, 0.25) is 0 Å². The maximum atomic E-state index is 6.16. The summed E-state index contributed by atoms with van der Waals surface area (Å²) in [4.78, 5) is 4.52. The van der Waals surface area contributed by atoms with Crippen molar-refractivity contribution in [3.05, 3.63) is 33.9 Å². The zero-order chi connectivity index (χ0) is 12.4. The molecule has 0 saturated carbocycles. The van der Waals surface area contributed by atoms with Crippen LogP contribution in [0.25, 0.3) is 10.9 Å². The molecule has 2 aromatic rings. The van der Waals surface area contributed by atoms with Gasteiger partial charge in [-0.25, -0.2) is 0 Å². The van der Waals surface area contributed by atoms with Crippen LogP contribution in [0.4, 0.5) is 5.69 Å². The number of nitrogens with zero attached hydrogens (tertiary/aromatic N) is 1. The van der Waals surface area contributed by atoms with Crippen LogP contribution in [-0.2, 0) is 6.42 Å². The number of aryl methyl sites for hydroxylation is 1. The minimum atomic E-state index is 0.471. The molecule has 0 radical (unpaired) electrons. The van der Waals surface area contributed by atoms with Gasteiger partial charge in [0, 0.05) is 11.1 Å². The molecule has 0 spiro atoms. The van der Waals surface area contributed by atoms with Gasteiger partial charge in [-0.2, -0.15) is 0 Å². The number of hydrogen-bond acceptors (Lipinski definition) is 3. The number of anilines is 1. The molecular formula is C12H13Cl2N3. The zero-order valence-corrected chi connectivity index (χ0v) is 10.9. The molecule has 5 heteroatoms. The summed E-state index contributed by atoms with van der Waals surface area (Å²) in [5, 5.41) is 1.85. The summed E-state index contributed by atoms with van der Waals surface area (Å²) >= 11 is 12.2. The lowest BCUT2D eigenvalue weighted by atomic mass is 10.1. The van der Waals surface area contributed by atoms with Crippen molar-refractivity contribution in [3.63, 3.8) is 0 Å². The van der Waals surface area contributed by atoms with Crippen LogP contribution >= 0.6 is 23.2 Å². The number of pyridine rings is 1. The Bertz CT molecular complexity index is 555. The Labute approximate surface area is 110 Å². The molecule has 2 rings (SSSR count). The first-order valence-electron chi connectivity index (χ1n) is 5.41. The number of nitrogens with two attached hydrogens (primary N) is 1. The molecule has 3 nitrogen and oxygen atoms in total. The maximum Gasteiger partial charge on any atom is 0.0927 e. The third-order valence-electron chi connectivity index (χ3n) is 2.59. The van der Waals surface area contributed by atoms with Crippen molar-refractivity contribution in [3.8, 4) is 0 Å². The van der Waals surface area contributed by atoms with E-state index in [1.54, 1.807) is 6.07 Å². The average Bonchev–Trinajstić information content (AvgIpc) is 2.34. The lowest BCUT2D eigenvalue weighted by Gasteiger charge is -2.10. The molecule has 90 valence electrons. The highest BCUT2D eigenvalue weighted by atomic mass is 35.5. The number of rotatable bonds is 3. The first-order valence-corrected chi connectivity index (χ1v) is 6.17. The topological polar surface area (TPSA) is 50.9 Å². The van der Waals surface area contributed by atoms with Crippen LogP contribution in [-0.4, -0.2) is 4.98 Å². The summed E-state index contributed by atoms with van der Waals surface area (Å²) in [6.07, 6.45) is 1.90. The van der Waals surface area contributed by atoms with Crippen LogP contribution in [0.1, 0.15) is 19.0 Å². The van der Waals surface area contributed by atoms with Gasteiger partial charge in [0.15, 0.2) is 0 Å². The van der Waals surface area contributed by atoms with E-state index >= 15 is 0 Å². The zero-order valence-electron chi connectivity index (χ0n) is 9.43.